The van der Waals surface area contributed by atoms with Crippen LogP contribution in [0.3, 0.4) is 0 Å². The molecular formula is C16H10ClN5O4. The highest BCUT2D eigenvalue weighted by Gasteiger charge is 2.20. The van der Waals surface area contributed by atoms with Crippen molar-refractivity contribution < 1.29 is 9.32 Å². The van der Waals surface area contributed by atoms with Gasteiger partial charge < -0.3 is 14.8 Å². The second-order valence-corrected chi connectivity index (χ2v) is 5.81. The predicted molar refractivity (Wildman–Crippen MR) is 93.5 cm³/mol. The molecule has 0 aliphatic carbocycles. The highest BCUT2D eigenvalue weighted by Crippen LogP contribution is 2.20. The van der Waals surface area contributed by atoms with Crippen molar-refractivity contribution >= 4 is 29.0 Å². The molecule has 0 saturated carbocycles. The van der Waals surface area contributed by atoms with E-state index in [0.29, 0.717) is 16.3 Å². The molecule has 10 heteroatoms. The van der Waals surface area contributed by atoms with Gasteiger partial charge in [0, 0.05) is 17.2 Å². The number of halogens is 1. The summed E-state index contributed by atoms with van der Waals surface area (Å²) < 4.78 is 5.60. The average Bonchev–Trinajstić information content (AvgIpc) is 3.22. The Hall–Kier alpha value is -3.59. The number of benzene rings is 1. The molecule has 0 bridgehead atoms. The van der Waals surface area contributed by atoms with E-state index in [-0.39, 0.29) is 17.0 Å². The number of hydrogen-bond donors (Lipinski definition) is 3. The van der Waals surface area contributed by atoms with Gasteiger partial charge in [0.2, 0.25) is 0 Å². The summed E-state index contributed by atoms with van der Waals surface area (Å²) in [6.07, 6.45) is 1.27. The lowest BCUT2D eigenvalue weighted by Gasteiger charge is -2.05. The molecule has 4 rings (SSSR count). The quantitative estimate of drug-likeness (QED) is 0.507. The summed E-state index contributed by atoms with van der Waals surface area (Å²) in [6, 6.07) is 9.54. The number of fused-ring (bicyclic) bond motifs is 1. The Balaban J connectivity index is 1.88. The smallest absolute Gasteiger partial charge is 0.279 e. The molecule has 0 aliphatic heterocycles. The third-order valence-corrected chi connectivity index (χ3v) is 3.92. The number of nitrogens with one attached hydrogen (secondary N) is 3. The SMILES string of the molecule is O=C(Nc1ccon1)c1c(=O)[nH]n2c(=O)cc(-c3cccc(Cl)c3)[nH]c12. The maximum atomic E-state index is 12.5. The fourth-order valence-corrected chi connectivity index (χ4v) is 2.74. The monoisotopic (exact) mass is 371 g/mol. The van der Waals surface area contributed by atoms with Crippen LogP contribution in [0.4, 0.5) is 5.82 Å². The first-order valence-corrected chi connectivity index (χ1v) is 7.76. The van der Waals surface area contributed by atoms with E-state index in [4.69, 9.17) is 11.6 Å². The van der Waals surface area contributed by atoms with Gasteiger partial charge in [0.05, 0.1) is 5.69 Å². The van der Waals surface area contributed by atoms with E-state index in [2.05, 4.69) is 25.1 Å². The lowest BCUT2D eigenvalue weighted by atomic mass is 10.1. The third kappa shape index (κ3) is 2.70. The molecule has 0 aliphatic rings. The molecule has 9 nitrogen and oxygen atoms in total. The number of aromatic amines is 2. The molecule has 0 unspecified atom stereocenters. The number of carbonyl (C=O) groups is 1. The minimum absolute atomic E-state index is 0.0264. The number of anilines is 1. The average molecular weight is 372 g/mol. The Morgan fingerprint density at radius 1 is 1.23 bits per heavy atom. The van der Waals surface area contributed by atoms with Crippen LogP contribution in [0.15, 0.2) is 56.8 Å². The molecule has 1 aromatic carbocycles. The Bertz CT molecular complexity index is 1240. The number of aromatic nitrogens is 4. The standard InChI is InChI=1S/C16H10ClN5O4/c17-9-3-1-2-8(6-9)10-7-12(23)22-14(18-10)13(16(25)20-22)15(24)19-11-4-5-26-21-11/h1-7,18H,(H,20,25)(H,19,21,24). The van der Waals surface area contributed by atoms with Crippen molar-refractivity contribution in [3.63, 3.8) is 0 Å². The van der Waals surface area contributed by atoms with Gasteiger partial charge in [-0.05, 0) is 17.7 Å². The van der Waals surface area contributed by atoms with E-state index in [1.807, 2.05) is 0 Å². The van der Waals surface area contributed by atoms with Crippen LogP contribution in [0.1, 0.15) is 10.4 Å². The molecule has 0 saturated heterocycles. The number of rotatable bonds is 3. The van der Waals surface area contributed by atoms with Crippen molar-refractivity contribution in [1.29, 1.82) is 0 Å². The van der Waals surface area contributed by atoms with Gasteiger partial charge in [-0.3, -0.25) is 19.5 Å². The molecule has 26 heavy (non-hydrogen) atoms. The van der Waals surface area contributed by atoms with Gasteiger partial charge in [-0.25, -0.2) is 0 Å². The van der Waals surface area contributed by atoms with Gasteiger partial charge in [0.25, 0.3) is 17.0 Å². The lowest BCUT2D eigenvalue weighted by Crippen LogP contribution is -2.20. The summed E-state index contributed by atoms with van der Waals surface area (Å²) in [6.45, 7) is 0. The number of nitrogens with zero attached hydrogens (tertiary/aromatic N) is 2. The van der Waals surface area contributed by atoms with Crippen molar-refractivity contribution in [2.45, 2.75) is 0 Å². The first-order chi connectivity index (χ1) is 12.5. The van der Waals surface area contributed by atoms with Crippen molar-refractivity contribution in [3.8, 4) is 11.3 Å². The normalized spacial score (nSPS) is 11.0. The van der Waals surface area contributed by atoms with E-state index in [1.165, 1.54) is 18.4 Å². The molecule has 3 aromatic heterocycles. The maximum Gasteiger partial charge on any atom is 0.279 e. The number of hydrogen-bond acceptors (Lipinski definition) is 5. The number of amides is 1. The fraction of sp³-hybridized carbons (Fsp3) is 0. The van der Waals surface area contributed by atoms with E-state index >= 15 is 0 Å². The molecule has 3 heterocycles. The third-order valence-electron chi connectivity index (χ3n) is 3.68. The van der Waals surface area contributed by atoms with Crippen molar-refractivity contribution in [2.24, 2.45) is 0 Å². The largest absolute Gasteiger partial charge is 0.363 e. The minimum Gasteiger partial charge on any atom is -0.363 e. The van der Waals surface area contributed by atoms with Crippen molar-refractivity contribution in [1.82, 2.24) is 19.8 Å². The summed E-state index contributed by atoms with van der Waals surface area (Å²) in [5.41, 5.74) is -0.415. The predicted octanol–water partition coefficient (Wildman–Crippen LogP) is 1.88. The van der Waals surface area contributed by atoms with Crippen molar-refractivity contribution in [3.05, 3.63) is 74.0 Å². The lowest BCUT2D eigenvalue weighted by molar-refractivity contribution is 0.102. The molecule has 0 fully saturated rings. The van der Waals surface area contributed by atoms with E-state index < -0.39 is 17.0 Å². The maximum absolute atomic E-state index is 12.5. The summed E-state index contributed by atoms with van der Waals surface area (Å²) in [4.78, 5) is 39.9. The van der Waals surface area contributed by atoms with Crippen LogP contribution in [0, 0.1) is 0 Å². The Morgan fingerprint density at radius 2 is 2.08 bits per heavy atom. The van der Waals surface area contributed by atoms with Crippen LogP contribution >= 0.6 is 11.6 Å². The zero-order chi connectivity index (χ0) is 18.3. The van der Waals surface area contributed by atoms with Crippen LogP contribution < -0.4 is 16.4 Å². The molecular weight excluding hydrogens is 362 g/mol. The summed E-state index contributed by atoms with van der Waals surface area (Å²) in [7, 11) is 0. The zero-order valence-electron chi connectivity index (χ0n) is 12.9. The van der Waals surface area contributed by atoms with E-state index in [9.17, 15) is 14.4 Å². The van der Waals surface area contributed by atoms with Gasteiger partial charge >= 0.3 is 0 Å². The van der Waals surface area contributed by atoms with Gasteiger partial charge in [-0.1, -0.05) is 28.9 Å². The summed E-state index contributed by atoms with van der Waals surface area (Å²) in [5, 5.41) is 8.80. The topological polar surface area (TPSA) is 125 Å². The molecule has 0 atom stereocenters. The van der Waals surface area contributed by atoms with E-state index in [1.54, 1.807) is 24.3 Å². The second-order valence-electron chi connectivity index (χ2n) is 5.37. The van der Waals surface area contributed by atoms with Crippen LogP contribution in [0.25, 0.3) is 16.9 Å². The second kappa shape index (κ2) is 6.05. The Kier molecular flexibility index (Phi) is 3.70. The van der Waals surface area contributed by atoms with Crippen LogP contribution in [-0.2, 0) is 0 Å². The molecule has 130 valence electrons. The minimum atomic E-state index is -0.735. The van der Waals surface area contributed by atoms with Gasteiger partial charge in [0.1, 0.15) is 11.8 Å². The molecule has 0 spiro atoms. The number of H-pyrrole nitrogens is 2. The highest BCUT2D eigenvalue weighted by molar-refractivity contribution is 6.30. The number of carbonyl (C=O) groups excluding carboxylic acids is 1. The van der Waals surface area contributed by atoms with Crippen LogP contribution in [0.2, 0.25) is 5.02 Å². The summed E-state index contributed by atoms with van der Waals surface area (Å²) >= 11 is 5.98. The molecule has 4 aromatic rings. The first-order valence-electron chi connectivity index (χ1n) is 7.38. The van der Waals surface area contributed by atoms with Gasteiger partial charge in [-0.15, -0.1) is 0 Å². The van der Waals surface area contributed by atoms with Gasteiger partial charge in [0.15, 0.2) is 11.5 Å². The Labute approximate surface area is 149 Å². The molecule has 1 amide bonds. The zero-order valence-corrected chi connectivity index (χ0v) is 13.7. The summed E-state index contributed by atoms with van der Waals surface area (Å²) in [5.74, 6) is -0.594. The van der Waals surface area contributed by atoms with E-state index in [0.717, 1.165) is 4.52 Å². The van der Waals surface area contributed by atoms with Crippen LogP contribution in [0.5, 0.6) is 0 Å². The Morgan fingerprint density at radius 3 is 2.81 bits per heavy atom. The van der Waals surface area contributed by atoms with Crippen LogP contribution in [-0.4, -0.2) is 25.7 Å². The van der Waals surface area contributed by atoms with Gasteiger partial charge in [-0.2, -0.15) is 4.52 Å². The highest BCUT2D eigenvalue weighted by atomic mass is 35.5. The van der Waals surface area contributed by atoms with Crippen molar-refractivity contribution in [2.75, 3.05) is 5.32 Å². The fourth-order valence-electron chi connectivity index (χ4n) is 2.55. The first kappa shape index (κ1) is 15.9. The molecule has 0 radical (unpaired) electrons. The molecule has 3 N–H and O–H groups in total.